The molecule has 2 N–H and O–H groups in total. The van der Waals surface area contributed by atoms with E-state index in [1.807, 2.05) is 0 Å². The second kappa shape index (κ2) is 20.4. The van der Waals surface area contributed by atoms with E-state index in [0.29, 0.717) is 5.92 Å². The first-order valence-corrected chi connectivity index (χ1v) is 17.8. The number of unbranched alkanes of at least 4 members (excludes halogenated alkanes) is 3. The van der Waals surface area contributed by atoms with E-state index >= 15 is 0 Å². The smallest absolute Gasteiger partial charge is 0.156 e. The molecule has 0 fully saturated rings. The van der Waals surface area contributed by atoms with E-state index in [-0.39, 0.29) is 5.41 Å². The van der Waals surface area contributed by atoms with E-state index in [4.69, 9.17) is 4.74 Å². The third-order valence-electron chi connectivity index (χ3n) is 8.29. The van der Waals surface area contributed by atoms with Crippen molar-refractivity contribution < 1.29 is 9.29 Å². The molecule has 0 spiro atoms. The topological polar surface area (TPSA) is 59.6 Å². The zero-order valence-electron chi connectivity index (χ0n) is 27.2. The number of ether oxygens (including phenoxy) is 1. The van der Waals surface area contributed by atoms with Gasteiger partial charge in [-0.2, -0.15) is 0 Å². The largest absolute Gasteiger partial charge is 0.611 e. The fourth-order valence-electron chi connectivity index (χ4n) is 5.92. The van der Waals surface area contributed by atoms with Gasteiger partial charge in [0.25, 0.3) is 0 Å². The highest BCUT2D eigenvalue weighted by molar-refractivity contribution is 7.91. The maximum absolute atomic E-state index is 13.9. The average molecular weight is 588 g/mol. The van der Waals surface area contributed by atoms with Crippen LogP contribution in [0.4, 0.5) is 5.69 Å². The first-order chi connectivity index (χ1) is 19.9. The van der Waals surface area contributed by atoms with Crippen molar-refractivity contribution in [1.82, 2.24) is 10.6 Å². The second-order valence-electron chi connectivity index (χ2n) is 12.1. The summed E-state index contributed by atoms with van der Waals surface area (Å²) in [5.41, 5.74) is 2.59. The maximum Gasteiger partial charge on any atom is 0.156 e. The van der Waals surface area contributed by atoms with Crippen LogP contribution in [0.1, 0.15) is 110 Å². The number of nitrogens with one attached hydrogen (secondary N) is 2. The second-order valence-corrected chi connectivity index (χ2v) is 13.5. The Hall–Kier alpha value is -1.47. The van der Waals surface area contributed by atoms with Crippen LogP contribution in [0.3, 0.4) is 0 Å². The van der Waals surface area contributed by atoms with Gasteiger partial charge in [-0.05, 0) is 112 Å². The van der Waals surface area contributed by atoms with Gasteiger partial charge in [0.15, 0.2) is 4.90 Å². The van der Waals surface area contributed by atoms with Gasteiger partial charge in [-0.25, -0.2) is 0 Å². The molecule has 1 aliphatic rings. The normalized spacial score (nSPS) is 18.9. The first kappa shape index (κ1) is 35.7. The Labute approximate surface area is 256 Å². The van der Waals surface area contributed by atoms with Crippen molar-refractivity contribution in [2.45, 2.75) is 109 Å². The molecule has 0 bridgehead atoms. The van der Waals surface area contributed by atoms with Gasteiger partial charge < -0.3 is 24.8 Å². The predicted octanol–water partition coefficient (Wildman–Crippen LogP) is 7.95. The van der Waals surface area contributed by atoms with Crippen molar-refractivity contribution in [2.75, 3.05) is 57.5 Å². The molecule has 0 saturated carbocycles. The molecular formula is C35H61N3O2S. The molecule has 0 aliphatic carbocycles. The Balaban J connectivity index is 2.17. The van der Waals surface area contributed by atoms with Crippen LogP contribution in [-0.2, 0) is 15.9 Å². The van der Waals surface area contributed by atoms with E-state index in [9.17, 15) is 4.55 Å². The van der Waals surface area contributed by atoms with Crippen LogP contribution in [0.5, 0.6) is 0 Å². The summed E-state index contributed by atoms with van der Waals surface area (Å²) in [6.07, 6.45) is 19.0. The molecule has 41 heavy (non-hydrogen) atoms. The number of allylic oxidation sites excluding steroid dienone is 3. The zero-order valence-corrected chi connectivity index (χ0v) is 28.1. The summed E-state index contributed by atoms with van der Waals surface area (Å²) in [7, 11) is 4.18. The SMILES string of the molecule is C/C=C\C(=C/CC1CC(CCCC)(CCCC)C[S+]([O-])c2ccc(N(C)C)cc21)OCCCCNCCNCCC. The standard InChI is InChI=1S/C35H61N3O2S/c1-7-11-20-35(21-12-8-2)28-30(33-27-31(38(5)6)17-19-34(33)41(39)29-35)16-18-32(15-9-3)40-26-14-13-23-37-25-24-36-22-10-4/h9,15,17-19,27,30,36-37H,7-8,10-14,16,20-26,28-29H2,1-6H3/b15-9-,32-18+. The molecule has 234 valence electrons. The summed E-state index contributed by atoms with van der Waals surface area (Å²) in [6.45, 7) is 13.7. The van der Waals surface area contributed by atoms with Crippen molar-refractivity contribution in [3.63, 3.8) is 0 Å². The first-order valence-electron chi connectivity index (χ1n) is 16.5. The van der Waals surface area contributed by atoms with Crippen molar-refractivity contribution in [3.8, 4) is 0 Å². The molecule has 1 aliphatic heterocycles. The summed E-state index contributed by atoms with van der Waals surface area (Å²) in [4.78, 5) is 3.21. The monoisotopic (exact) mass is 587 g/mol. The minimum atomic E-state index is -0.975. The molecule has 5 nitrogen and oxygen atoms in total. The summed E-state index contributed by atoms with van der Waals surface area (Å²) >= 11 is -0.975. The molecule has 6 heteroatoms. The molecule has 1 heterocycles. The van der Waals surface area contributed by atoms with Crippen molar-refractivity contribution in [1.29, 1.82) is 0 Å². The van der Waals surface area contributed by atoms with Crippen LogP contribution in [0.25, 0.3) is 0 Å². The Morgan fingerprint density at radius 1 is 1.00 bits per heavy atom. The molecular weight excluding hydrogens is 526 g/mol. The third kappa shape index (κ3) is 12.7. The van der Waals surface area contributed by atoms with Gasteiger partial charge in [-0.15, -0.1) is 0 Å². The molecule has 1 aromatic rings. The highest BCUT2D eigenvalue weighted by Crippen LogP contribution is 2.49. The lowest BCUT2D eigenvalue weighted by molar-refractivity contribution is 0.211. The Morgan fingerprint density at radius 3 is 2.34 bits per heavy atom. The average Bonchev–Trinajstić information content (AvgIpc) is 3.08. The van der Waals surface area contributed by atoms with Crippen molar-refractivity contribution in [2.24, 2.45) is 5.41 Å². The Bertz CT molecular complexity index is 893. The summed E-state index contributed by atoms with van der Waals surface area (Å²) < 4.78 is 20.2. The Morgan fingerprint density at radius 2 is 1.71 bits per heavy atom. The molecule has 0 amide bonds. The summed E-state index contributed by atoms with van der Waals surface area (Å²) in [6, 6.07) is 6.59. The highest BCUT2D eigenvalue weighted by atomic mass is 32.2. The number of nitrogens with zero attached hydrogens (tertiary/aromatic N) is 1. The third-order valence-corrected chi connectivity index (χ3v) is 10.0. The van der Waals surface area contributed by atoms with Gasteiger partial charge in [-0.3, -0.25) is 0 Å². The van der Waals surface area contributed by atoms with Gasteiger partial charge in [0.2, 0.25) is 0 Å². The van der Waals surface area contributed by atoms with Crippen LogP contribution >= 0.6 is 0 Å². The lowest BCUT2D eigenvalue weighted by Crippen LogP contribution is -2.30. The fourth-order valence-corrected chi connectivity index (χ4v) is 7.75. The van der Waals surface area contributed by atoms with Crippen LogP contribution < -0.4 is 15.5 Å². The highest BCUT2D eigenvalue weighted by Gasteiger charge is 2.42. The number of rotatable bonds is 21. The Kier molecular flexibility index (Phi) is 17.8. The maximum atomic E-state index is 13.9. The number of hydrogen-bond acceptors (Lipinski definition) is 5. The molecule has 1 aromatic carbocycles. The predicted molar refractivity (Wildman–Crippen MR) is 180 cm³/mol. The van der Waals surface area contributed by atoms with Gasteiger partial charge in [0.1, 0.15) is 11.5 Å². The lowest BCUT2D eigenvalue weighted by atomic mass is 9.71. The van der Waals surface area contributed by atoms with Crippen LogP contribution in [0, 0.1) is 5.41 Å². The van der Waals surface area contributed by atoms with Crippen LogP contribution in [0.2, 0.25) is 0 Å². The number of hydrogen-bond donors (Lipinski definition) is 2. The molecule has 2 atom stereocenters. The molecule has 0 saturated heterocycles. The van der Waals surface area contributed by atoms with E-state index in [1.54, 1.807) is 0 Å². The van der Waals surface area contributed by atoms with Gasteiger partial charge >= 0.3 is 0 Å². The summed E-state index contributed by atoms with van der Waals surface area (Å²) in [5, 5.41) is 6.95. The minimum absolute atomic E-state index is 0.132. The van der Waals surface area contributed by atoms with Crippen molar-refractivity contribution >= 4 is 16.9 Å². The van der Waals surface area contributed by atoms with E-state index in [2.05, 4.69) is 93.8 Å². The number of benzene rings is 1. The quantitative estimate of drug-likeness (QED) is 0.0661. The zero-order chi connectivity index (χ0) is 29.9. The van der Waals surface area contributed by atoms with E-state index in [0.717, 1.165) is 74.9 Å². The van der Waals surface area contributed by atoms with Gasteiger partial charge in [0.05, 0.1) is 6.61 Å². The molecule has 0 radical (unpaired) electrons. The molecule has 2 rings (SSSR count). The van der Waals surface area contributed by atoms with Gasteiger partial charge in [0, 0.05) is 43.9 Å². The van der Waals surface area contributed by atoms with Crippen LogP contribution in [0.15, 0.2) is 47.1 Å². The summed E-state index contributed by atoms with van der Waals surface area (Å²) in [5.74, 6) is 2.09. The minimum Gasteiger partial charge on any atom is -0.611 e. The molecule has 2 unspecified atom stereocenters. The van der Waals surface area contributed by atoms with Crippen molar-refractivity contribution in [3.05, 3.63) is 47.7 Å². The van der Waals surface area contributed by atoms with Gasteiger partial charge in [-0.1, -0.05) is 52.5 Å². The number of fused-ring (bicyclic) bond motifs is 1. The van der Waals surface area contributed by atoms with E-state index < -0.39 is 11.2 Å². The van der Waals surface area contributed by atoms with Crippen LogP contribution in [-0.4, -0.2) is 57.2 Å². The number of anilines is 1. The fraction of sp³-hybridized carbons (Fsp3) is 0.714. The molecule has 0 aromatic heterocycles. The van der Waals surface area contributed by atoms with E-state index in [1.165, 1.54) is 56.2 Å². The lowest BCUT2D eigenvalue weighted by Gasteiger charge is -2.34.